The Balaban J connectivity index is 1.99. The molecule has 2 rings (SSSR count). The number of phenols is 2. The molecule has 4 N–H and O–H groups in total. The molecule has 0 aliphatic heterocycles. The fraction of sp³-hybridized carbons (Fsp3) is 0.125. The van der Waals surface area contributed by atoms with Gasteiger partial charge >= 0.3 is 0 Å². The molecule has 0 saturated carbocycles. The van der Waals surface area contributed by atoms with E-state index < -0.39 is 0 Å². The predicted octanol–water partition coefficient (Wildman–Crippen LogP) is 3.04. The second-order valence-electron chi connectivity index (χ2n) is 4.83. The first kappa shape index (κ1) is 15.8. The molecule has 0 aliphatic rings. The van der Waals surface area contributed by atoms with Crippen molar-refractivity contribution < 1.29 is 10.2 Å². The third-order valence-corrected chi connectivity index (χ3v) is 3.30. The molecule has 0 amide bonds. The fourth-order valence-electron chi connectivity index (χ4n) is 1.95. The molecule has 0 unspecified atom stereocenters. The van der Waals surface area contributed by atoms with Crippen molar-refractivity contribution >= 4 is 29.2 Å². The minimum Gasteiger partial charge on any atom is -0.508 e. The molecule has 6 heteroatoms. The zero-order chi connectivity index (χ0) is 16.1. The predicted molar refractivity (Wildman–Crippen MR) is 92.6 cm³/mol. The van der Waals surface area contributed by atoms with E-state index in [-0.39, 0.29) is 11.5 Å². The number of rotatable bonds is 3. The van der Waals surface area contributed by atoms with Crippen LogP contribution in [0.3, 0.4) is 0 Å². The van der Waals surface area contributed by atoms with Crippen molar-refractivity contribution in [1.82, 2.24) is 5.43 Å². The maximum Gasteiger partial charge on any atom is 0.191 e. The molecule has 2 aromatic rings. The molecule has 0 bridgehead atoms. The van der Waals surface area contributed by atoms with Crippen LogP contribution in [-0.2, 0) is 0 Å². The summed E-state index contributed by atoms with van der Waals surface area (Å²) in [6.07, 6.45) is 1.42. The number of thiocarbonyl (C=S) groups is 1. The molecule has 5 nitrogen and oxygen atoms in total. The molecule has 114 valence electrons. The first-order chi connectivity index (χ1) is 10.5. The number of nitrogens with one attached hydrogen (secondary N) is 2. The number of hydrogen-bond donors (Lipinski definition) is 4. The van der Waals surface area contributed by atoms with Gasteiger partial charge in [0.25, 0.3) is 0 Å². The van der Waals surface area contributed by atoms with Gasteiger partial charge < -0.3 is 15.5 Å². The van der Waals surface area contributed by atoms with Crippen LogP contribution < -0.4 is 10.7 Å². The highest BCUT2D eigenvalue weighted by Gasteiger charge is 2.03. The van der Waals surface area contributed by atoms with E-state index in [1.165, 1.54) is 18.3 Å². The maximum absolute atomic E-state index is 9.64. The Kier molecular flexibility index (Phi) is 4.95. The highest BCUT2D eigenvalue weighted by atomic mass is 32.1. The van der Waals surface area contributed by atoms with Gasteiger partial charge in [0.15, 0.2) is 5.11 Å². The Hall–Kier alpha value is -2.60. The Morgan fingerprint density at radius 1 is 1.14 bits per heavy atom. The van der Waals surface area contributed by atoms with Gasteiger partial charge in [-0.1, -0.05) is 18.2 Å². The lowest BCUT2D eigenvalue weighted by atomic mass is 10.1. The van der Waals surface area contributed by atoms with Crippen molar-refractivity contribution in [2.45, 2.75) is 13.8 Å². The summed E-state index contributed by atoms with van der Waals surface area (Å²) in [6, 6.07) is 10.2. The third kappa shape index (κ3) is 3.95. The van der Waals surface area contributed by atoms with Gasteiger partial charge in [-0.2, -0.15) is 5.10 Å². The van der Waals surface area contributed by atoms with Crippen molar-refractivity contribution in [3.63, 3.8) is 0 Å². The van der Waals surface area contributed by atoms with Crippen LogP contribution in [0.25, 0.3) is 0 Å². The number of aromatic hydroxyl groups is 2. The number of phenolic OH excluding ortho intramolecular Hbond substituents is 2. The van der Waals surface area contributed by atoms with E-state index in [1.807, 2.05) is 32.0 Å². The summed E-state index contributed by atoms with van der Waals surface area (Å²) in [4.78, 5) is 0. The first-order valence-electron chi connectivity index (χ1n) is 6.65. The summed E-state index contributed by atoms with van der Waals surface area (Å²) >= 11 is 5.19. The number of para-hydroxylation sites is 1. The molecule has 0 radical (unpaired) electrons. The Morgan fingerprint density at radius 2 is 1.82 bits per heavy atom. The van der Waals surface area contributed by atoms with E-state index in [1.54, 1.807) is 6.07 Å². The van der Waals surface area contributed by atoms with Gasteiger partial charge in [0.1, 0.15) is 11.5 Å². The Bertz CT molecular complexity index is 709. The van der Waals surface area contributed by atoms with Crippen molar-refractivity contribution in [3.05, 3.63) is 53.1 Å². The minimum atomic E-state index is -0.0563. The van der Waals surface area contributed by atoms with Crippen molar-refractivity contribution in [1.29, 1.82) is 0 Å². The van der Waals surface area contributed by atoms with Gasteiger partial charge in [-0.3, -0.25) is 5.43 Å². The average molecular weight is 315 g/mol. The maximum atomic E-state index is 9.64. The molecule has 0 saturated heterocycles. The number of benzene rings is 2. The largest absolute Gasteiger partial charge is 0.508 e. The highest BCUT2D eigenvalue weighted by Crippen LogP contribution is 2.21. The smallest absolute Gasteiger partial charge is 0.191 e. The molecule has 0 aliphatic carbocycles. The quantitative estimate of drug-likeness (QED) is 0.398. The summed E-state index contributed by atoms with van der Waals surface area (Å²) < 4.78 is 0. The van der Waals surface area contributed by atoms with E-state index in [9.17, 15) is 10.2 Å². The molecular weight excluding hydrogens is 298 g/mol. The zero-order valence-corrected chi connectivity index (χ0v) is 13.1. The van der Waals surface area contributed by atoms with Crippen LogP contribution in [0.15, 0.2) is 41.5 Å². The average Bonchev–Trinajstić information content (AvgIpc) is 2.45. The van der Waals surface area contributed by atoms with E-state index in [0.717, 1.165) is 16.8 Å². The SMILES string of the molecule is Cc1cccc(C)c1NC(=S)N/N=C/c1ccc(O)cc1O. The second kappa shape index (κ2) is 6.91. The van der Waals surface area contributed by atoms with Gasteiger partial charge in [0.2, 0.25) is 0 Å². The van der Waals surface area contributed by atoms with Crippen LogP contribution in [0.1, 0.15) is 16.7 Å². The number of anilines is 1. The molecule has 22 heavy (non-hydrogen) atoms. The molecular formula is C16H17N3O2S. The van der Waals surface area contributed by atoms with E-state index in [4.69, 9.17) is 12.2 Å². The van der Waals surface area contributed by atoms with E-state index >= 15 is 0 Å². The molecule has 0 fully saturated rings. The topological polar surface area (TPSA) is 76.9 Å². The summed E-state index contributed by atoms with van der Waals surface area (Å²) in [6.45, 7) is 3.99. The third-order valence-electron chi connectivity index (χ3n) is 3.10. The lowest BCUT2D eigenvalue weighted by molar-refractivity contribution is 0.450. The van der Waals surface area contributed by atoms with Crippen LogP contribution in [0.4, 0.5) is 5.69 Å². The number of aryl methyl sites for hydroxylation is 2. The van der Waals surface area contributed by atoms with Gasteiger partial charge in [-0.15, -0.1) is 0 Å². The molecule has 0 spiro atoms. The second-order valence-corrected chi connectivity index (χ2v) is 5.24. The summed E-state index contributed by atoms with van der Waals surface area (Å²) in [5.41, 5.74) is 6.29. The Labute approximate surface area is 134 Å². The number of hydrazone groups is 1. The molecule has 2 aromatic carbocycles. The first-order valence-corrected chi connectivity index (χ1v) is 7.06. The lowest BCUT2D eigenvalue weighted by Crippen LogP contribution is -2.24. The fourth-order valence-corrected chi connectivity index (χ4v) is 2.11. The van der Waals surface area contributed by atoms with Crippen LogP contribution >= 0.6 is 12.2 Å². The number of nitrogens with zero attached hydrogens (tertiary/aromatic N) is 1. The zero-order valence-electron chi connectivity index (χ0n) is 12.3. The monoisotopic (exact) mass is 315 g/mol. The van der Waals surface area contributed by atoms with Gasteiger partial charge in [0.05, 0.1) is 6.21 Å². The minimum absolute atomic E-state index is 0.00479. The molecule has 0 aromatic heterocycles. The van der Waals surface area contributed by atoms with Crippen LogP contribution in [-0.4, -0.2) is 21.5 Å². The van der Waals surface area contributed by atoms with Crippen molar-refractivity contribution in [2.24, 2.45) is 5.10 Å². The van der Waals surface area contributed by atoms with Gasteiger partial charge in [-0.25, -0.2) is 0 Å². The molecule has 0 heterocycles. The number of hydrogen-bond acceptors (Lipinski definition) is 4. The normalized spacial score (nSPS) is 10.6. The van der Waals surface area contributed by atoms with Crippen LogP contribution in [0, 0.1) is 13.8 Å². The molecule has 0 atom stereocenters. The summed E-state index contributed by atoms with van der Waals surface area (Å²) in [5, 5.41) is 26.3. The van der Waals surface area contributed by atoms with Gasteiger partial charge in [-0.05, 0) is 49.3 Å². The summed E-state index contributed by atoms with van der Waals surface area (Å²) in [7, 11) is 0. The van der Waals surface area contributed by atoms with Gasteiger partial charge in [0, 0.05) is 17.3 Å². The Morgan fingerprint density at radius 3 is 2.45 bits per heavy atom. The lowest BCUT2D eigenvalue weighted by Gasteiger charge is -2.12. The highest BCUT2D eigenvalue weighted by molar-refractivity contribution is 7.80. The standard InChI is InChI=1S/C16H17N3O2S/c1-10-4-3-5-11(2)15(10)18-16(22)19-17-9-12-6-7-13(20)8-14(12)21/h3-9,20-21H,1-2H3,(H2,18,19,22)/b17-9+. The van der Waals surface area contributed by atoms with Crippen molar-refractivity contribution in [3.8, 4) is 11.5 Å². The van der Waals surface area contributed by atoms with Crippen molar-refractivity contribution in [2.75, 3.05) is 5.32 Å². The van der Waals surface area contributed by atoms with E-state index in [0.29, 0.717) is 10.7 Å². The summed E-state index contributed by atoms with van der Waals surface area (Å²) in [5.74, 6) is -0.0611. The van der Waals surface area contributed by atoms with Crippen LogP contribution in [0.5, 0.6) is 11.5 Å². The van der Waals surface area contributed by atoms with E-state index in [2.05, 4.69) is 15.8 Å². The van der Waals surface area contributed by atoms with Crippen LogP contribution in [0.2, 0.25) is 0 Å².